The third-order valence-electron chi connectivity index (χ3n) is 3.06. The molecule has 1 saturated carbocycles. The molecule has 92 valence electrons. The molecule has 0 radical (unpaired) electrons. The lowest BCUT2D eigenvalue weighted by atomic mass is 9.80. The molecule has 0 heterocycles. The molecule has 1 fully saturated rings. The Labute approximate surface area is 101 Å². The maximum absolute atomic E-state index is 11.4. The van der Waals surface area contributed by atoms with Crippen molar-refractivity contribution in [1.29, 1.82) is 0 Å². The van der Waals surface area contributed by atoms with E-state index < -0.39 is 11.7 Å². The SMILES string of the molecule is O=C(NCC1(O)CCC1)OCc1ccccc1. The molecule has 4 heteroatoms. The van der Waals surface area contributed by atoms with Crippen LogP contribution in [-0.2, 0) is 11.3 Å². The predicted octanol–water partition coefficient (Wildman–Crippen LogP) is 1.83. The summed E-state index contributed by atoms with van der Waals surface area (Å²) >= 11 is 0. The van der Waals surface area contributed by atoms with Gasteiger partial charge in [-0.3, -0.25) is 0 Å². The van der Waals surface area contributed by atoms with E-state index in [0.717, 1.165) is 24.8 Å². The topological polar surface area (TPSA) is 58.6 Å². The molecule has 0 spiro atoms. The van der Waals surface area contributed by atoms with Crippen LogP contribution in [0.1, 0.15) is 24.8 Å². The Hall–Kier alpha value is -1.55. The van der Waals surface area contributed by atoms with Gasteiger partial charge in [-0.05, 0) is 24.8 Å². The third kappa shape index (κ3) is 3.46. The number of amides is 1. The van der Waals surface area contributed by atoms with Crippen LogP contribution in [0.15, 0.2) is 30.3 Å². The summed E-state index contributed by atoms with van der Waals surface area (Å²) in [7, 11) is 0. The Morgan fingerprint density at radius 3 is 2.65 bits per heavy atom. The van der Waals surface area contributed by atoms with Crippen molar-refractivity contribution in [2.24, 2.45) is 0 Å². The lowest BCUT2D eigenvalue weighted by molar-refractivity contribution is -0.0311. The van der Waals surface area contributed by atoms with E-state index in [4.69, 9.17) is 4.74 Å². The third-order valence-corrected chi connectivity index (χ3v) is 3.06. The number of carbonyl (C=O) groups is 1. The summed E-state index contributed by atoms with van der Waals surface area (Å²) in [5, 5.41) is 12.4. The van der Waals surface area contributed by atoms with Crippen molar-refractivity contribution in [1.82, 2.24) is 5.32 Å². The zero-order chi connectivity index (χ0) is 12.1. The summed E-state index contributed by atoms with van der Waals surface area (Å²) in [5.41, 5.74) is 0.246. The first-order valence-electron chi connectivity index (χ1n) is 5.85. The number of rotatable bonds is 4. The normalized spacial score (nSPS) is 17.0. The number of nitrogens with one attached hydrogen (secondary N) is 1. The van der Waals surface area contributed by atoms with Crippen LogP contribution in [0.5, 0.6) is 0 Å². The van der Waals surface area contributed by atoms with Crippen molar-refractivity contribution in [3.05, 3.63) is 35.9 Å². The fourth-order valence-electron chi connectivity index (χ4n) is 1.77. The van der Waals surface area contributed by atoms with Gasteiger partial charge < -0.3 is 15.2 Å². The first-order valence-corrected chi connectivity index (χ1v) is 5.85. The molecule has 1 amide bonds. The molecule has 1 aromatic carbocycles. The van der Waals surface area contributed by atoms with E-state index in [2.05, 4.69) is 5.32 Å². The zero-order valence-corrected chi connectivity index (χ0v) is 9.69. The van der Waals surface area contributed by atoms with E-state index in [-0.39, 0.29) is 13.2 Å². The van der Waals surface area contributed by atoms with Gasteiger partial charge in [0.25, 0.3) is 0 Å². The number of alkyl carbamates (subject to hydrolysis) is 1. The Balaban J connectivity index is 1.67. The summed E-state index contributed by atoms with van der Waals surface area (Å²) in [6.45, 7) is 0.533. The highest BCUT2D eigenvalue weighted by atomic mass is 16.5. The monoisotopic (exact) mass is 235 g/mol. The number of benzene rings is 1. The van der Waals surface area contributed by atoms with Crippen molar-refractivity contribution < 1.29 is 14.6 Å². The quantitative estimate of drug-likeness (QED) is 0.837. The Bertz CT molecular complexity index is 374. The highest BCUT2D eigenvalue weighted by molar-refractivity contribution is 5.67. The Morgan fingerprint density at radius 2 is 2.06 bits per heavy atom. The van der Waals surface area contributed by atoms with Gasteiger partial charge in [0.1, 0.15) is 6.61 Å². The lowest BCUT2D eigenvalue weighted by Crippen LogP contribution is -2.47. The number of ether oxygens (including phenoxy) is 1. The molecule has 0 aliphatic heterocycles. The van der Waals surface area contributed by atoms with E-state index in [9.17, 15) is 9.90 Å². The van der Waals surface area contributed by atoms with Gasteiger partial charge in [0.05, 0.1) is 5.60 Å². The van der Waals surface area contributed by atoms with E-state index in [1.165, 1.54) is 0 Å². The average molecular weight is 235 g/mol. The minimum absolute atomic E-state index is 0.255. The molecular weight excluding hydrogens is 218 g/mol. The number of hydrogen-bond acceptors (Lipinski definition) is 3. The van der Waals surface area contributed by atoms with Crippen LogP contribution >= 0.6 is 0 Å². The van der Waals surface area contributed by atoms with Crippen molar-refractivity contribution in [2.45, 2.75) is 31.5 Å². The molecule has 2 rings (SSSR count). The van der Waals surface area contributed by atoms with E-state index in [0.29, 0.717) is 0 Å². The summed E-state index contributed by atoms with van der Waals surface area (Å²) < 4.78 is 5.03. The first-order chi connectivity index (χ1) is 8.18. The molecule has 1 aliphatic rings. The summed E-state index contributed by atoms with van der Waals surface area (Å²) in [4.78, 5) is 11.4. The Kier molecular flexibility index (Phi) is 3.64. The van der Waals surface area contributed by atoms with Gasteiger partial charge in [0.15, 0.2) is 0 Å². The standard InChI is InChI=1S/C13H17NO3/c15-12(14-10-13(16)7-4-8-13)17-9-11-5-2-1-3-6-11/h1-3,5-6,16H,4,7-10H2,(H,14,15). The van der Waals surface area contributed by atoms with Crippen LogP contribution in [0.4, 0.5) is 4.79 Å². The fraction of sp³-hybridized carbons (Fsp3) is 0.462. The van der Waals surface area contributed by atoms with Gasteiger partial charge in [-0.2, -0.15) is 0 Å². The second kappa shape index (κ2) is 5.19. The second-order valence-electron chi connectivity index (χ2n) is 4.49. The van der Waals surface area contributed by atoms with Gasteiger partial charge in [-0.25, -0.2) is 4.79 Å². The maximum Gasteiger partial charge on any atom is 0.407 e. The smallest absolute Gasteiger partial charge is 0.407 e. The summed E-state index contributed by atoms with van der Waals surface area (Å²) in [6, 6.07) is 9.50. The van der Waals surface area contributed by atoms with Crippen molar-refractivity contribution in [3.63, 3.8) is 0 Å². The molecule has 4 nitrogen and oxygen atoms in total. The predicted molar refractivity (Wildman–Crippen MR) is 63.4 cm³/mol. The van der Waals surface area contributed by atoms with Gasteiger partial charge in [0.2, 0.25) is 0 Å². The van der Waals surface area contributed by atoms with Crippen molar-refractivity contribution in [3.8, 4) is 0 Å². The molecule has 0 saturated heterocycles. The number of hydrogen-bond donors (Lipinski definition) is 2. The van der Waals surface area contributed by atoms with Gasteiger partial charge >= 0.3 is 6.09 Å². The molecule has 0 unspecified atom stereocenters. The van der Waals surface area contributed by atoms with Crippen LogP contribution in [0.3, 0.4) is 0 Å². The van der Waals surface area contributed by atoms with Crippen LogP contribution in [0.2, 0.25) is 0 Å². The molecule has 0 atom stereocenters. The summed E-state index contributed by atoms with van der Waals surface area (Å²) in [5.74, 6) is 0. The fourth-order valence-corrected chi connectivity index (χ4v) is 1.77. The van der Waals surface area contributed by atoms with Gasteiger partial charge in [-0.15, -0.1) is 0 Å². The van der Waals surface area contributed by atoms with Crippen LogP contribution in [0, 0.1) is 0 Å². The highest BCUT2D eigenvalue weighted by Gasteiger charge is 2.34. The molecule has 2 N–H and O–H groups in total. The lowest BCUT2D eigenvalue weighted by Gasteiger charge is -2.36. The minimum atomic E-state index is -0.703. The molecular formula is C13H17NO3. The minimum Gasteiger partial charge on any atom is -0.445 e. The first kappa shape index (κ1) is 11.9. The molecule has 1 aromatic rings. The zero-order valence-electron chi connectivity index (χ0n) is 9.69. The van der Waals surface area contributed by atoms with Crippen molar-refractivity contribution >= 4 is 6.09 Å². The largest absolute Gasteiger partial charge is 0.445 e. The molecule has 0 bridgehead atoms. The average Bonchev–Trinajstić information content (AvgIpc) is 2.33. The maximum atomic E-state index is 11.4. The van der Waals surface area contributed by atoms with Crippen LogP contribution in [0.25, 0.3) is 0 Å². The van der Waals surface area contributed by atoms with E-state index in [1.54, 1.807) is 0 Å². The molecule has 17 heavy (non-hydrogen) atoms. The van der Waals surface area contributed by atoms with Gasteiger partial charge in [-0.1, -0.05) is 30.3 Å². The van der Waals surface area contributed by atoms with Gasteiger partial charge in [0, 0.05) is 6.54 Å². The van der Waals surface area contributed by atoms with Crippen molar-refractivity contribution in [2.75, 3.05) is 6.54 Å². The van der Waals surface area contributed by atoms with E-state index in [1.807, 2.05) is 30.3 Å². The van der Waals surface area contributed by atoms with Crippen LogP contribution < -0.4 is 5.32 Å². The highest BCUT2D eigenvalue weighted by Crippen LogP contribution is 2.30. The Morgan fingerprint density at radius 1 is 1.35 bits per heavy atom. The van der Waals surface area contributed by atoms with Crippen LogP contribution in [-0.4, -0.2) is 23.3 Å². The number of aliphatic hydroxyl groups is 1. The summed E-state index contributed by atoms with van der Waals surface area (Å²) in [6.07, 6.45) is 2.06. The second-order valence-corrected chi connectivity index (χ2v) is 4.49. The molecule has 0 aromatic heterocycles. The number of carbonyl (C=O) groups excluding carboxylic acids is 1. The molecule has 1 aliphatic carbocycles. The van der Waals surface area contributed by atoms with E-state index >= 15 is 0 Å².